The van der Waals surface area contributed by atoms with Crippen molar-refractivity contribution in [1.82, 2.24) is 39.0 Å². The first kappa shape index (κ1) is 56.7. The highest BCUT2D eigenvalue weighted by Gasteiger charge is 2.46. The van der Waals surface area contributed by atoms with Gasteiger partial charge in [0.15, 0.2) is 34.0 Å². The number of hydrogen-bond donors (Lipinski definition) is 2. The van der Waals surface area contributed by atoms with E-state index in [1.807, 2.05) is 91.0 Å². The number of benzene rings is 5. The predicted octanol–water partition coefficient (Wildman–Crippen LogP) is 9.26. The van der Waals surface area contributed by atoms with Gasteiger partial charge in [0.05, 0.1) is 65.3 Å². The molecule has 23 nitrogen and oxygen atoms in total. The van der Waals surface area contributed by atoms with Crippen LogP contribution < -0.4 is 20.1 Å². The number of esters is 1. The molecule has 428 valence electrons. The molecule has 0 bridgehead atoms. The Kier molecular flexibility index (Phi) is 17.6. The van der Waals surface area contributed by atoms with Gasteiger partial charge in [-0.25, -0.2) is 29.9 Å². The second kappa shape index (κ2) is 26.0. The van der Waals surface area contributed by atoms with E-state index < -0.39 is 57.0 Å². The zero-order valence-electron chi connectivity index (χ0n) is 45.7. The van der Waals surface area contributed by atoms with Crippen LogP contribution in [0, 0.1) is 11.3 Å². The summed E-state index contributed by atoms with van der Waals surface area (Å²) < 4.78 is 61.1. The fraction of sp³-hybridized carbons (Fsp3) is 0.267. The summed E-state index contributed by atoms with van der Waals surface area (Å²) in [5.41, 5.74) is 3.33. The van der Waals surface area contributed by atoms with Crippen molar-refractivity contribution in [3.8, 4) is 17.6 Å². The van der Waals surface area contributed by atoms with Gasteiger partial charge in [0.1, 0.15) is 60.5 Å². The molecule has 2 aliphatic heterocycles. The van der Waals surface area contributed by atoms with Crippen molar-refractivity contribution in [2.24, 2.45) is 0 Å². The highest BCUT2D eigenvalue weighted by Crippen LogP contribution is 2.49. The van der Waals surface area contributed by atoms with E-state index in [0.29, 0.717) is 45.0 Å². The van der Waals surface area contributed by atoms with Crippen molar-refractivity contribution < 1.29 is 56.4 Å². The summed E-state index contributed by atoms with van der Waals surface area (Å²) in [4.78, 5) is 66.1. The maximum absolute atomic E-state index is 13.4. The monoisotopic (exact) mass is 1150 g/mol. The van der Waals surface area contributed by atoms with Crippen molar-refractivity contribution in [2.45, 2.75) is 68.7 Å². The van der Waals surface area contributed by atoms with Crippen LogP contribution in [0.15, 0.2) is 165 Å². The van der Waals surface area contributed by atoms with E-state index in [2.05, 4.69) is 46.6 Å². The molecule has 11 rings (SSSR count). The summed E-state index contributed by atoms with van der Waals surface area (Å²) in [5.74, 6) is 0.390. The maximum atomic E-state index is 13.4. The van der Waals surface area contributed by atoms with Gasteiger partial charge in [-0.1, -0.05) is 91.0 Å². The van der Waals surface area contributed by atoms with Crippen LogP contribution in [0.2, 0.25) is 0 Å². The summed E-state index contributed by atoms with van der Waals surface area (Å²) in [5, 5.41) is 15.4. The number of carbonyl (C=O) groups excluding carboxylic acids is 3. The molecule has 24 heteroatoms. The highest BCUT2D eigenvalue weighted by molar-refractivity contribution is 7.41. The molecule has 0 spiro atoms. The number of carbonyl (C=O) groups is 3. The fourth-order valence-electron chi connectivity index (χ4n) is 10.1. The van der Waals surface area contributed by atoms with E-state index in [1.165, 1.54) is 25.9 Å². The zero-order chi connectivity index (χ0) is 58.0. The molecule has 2 saturated heterocycles. The highest BCUT2D eigenvalue weighted by atomic mass is 31.2. The lowest BCUT2D eigenvalue weighted by Crippen LogP contribution is -2.38. The molecule has 2 fully saturated rings. The average Bonchev–Trinajstić information content (AvgIpc) is 2.03. The molecule has 1 unspecified atom stereocenters. The van der Waals surface area contributed by atoms with Crippen LogP contribution >= 0.6 is 8.60 Å². The minimum Gasteiger partial charge on any atom is -0.497 e. The molecule has 84 heavy (non-hydrogen) atoms. The summed E-state index contributed by atoms with van der Waals surface area (Å²) >= 11 is 0. The third kappa shape index (κ3) is 12.3. The lowest BCUT2D eigenvalue weighted by molar-refractivity contribution is -0.150. The molecule has 2 amide bonds. The average molecular weight is 1150 g/mol. The van der Waals surface area contributed by atoms with Crippen molar-refractivity contribution in [1.29, 1.82) is 5.26 Å². The van der Waals surface area contributed by atoms with Gasteiger partial charge in [-0.15, -0.1) is 0 Å². The zero-order valence-corrected chi connectivity index (χ0v) is 46.6. The first-order valence-corrected chi connectivity index (χ1v) is 27.9. The molecule has 0 radical (unpaired) electrons. The summed E-state index contributed by atoms with van der Waals surface area (Å²) in [7, 11) is 0.883. The van der Waals surface area contributed by atoms with Gasteiger partial charge < -0.3 is 52.6 Å². The van der Waals surface area contributed by atoms with Crippen LogP contribution in [0.5, 0.6) is 11.5 Å². The lowest BCUT2D eigenvalue weighted by atomic mass is 9.80. The number of amides is 2. The van der Waals surface area contributed by atoms with Crippen LogP contribution in [0.1, 0.15) is 76.0 Å². The van der Waals surface area contributed by atoms with Gasteiger partial charge in [0.25, 0.3) is 11.8 Å². The lowest BCUT2D eigenvalue weighted by Gasteiger charge is -2.37. The fourth-order valence-corrected chi connectivity index (χ4v) is 11.3. The van der Waals surface area contributed by atoms with E-state index in [-0.39, 0.29) is 62.5 Å². The molecular weight excluding hydrogens is 1100 g/mol. The van der Waals surface area contributed by atoms with Crippen LogP contribution in [0.4, 0.5) is 11.6 Å². The van der Waals surface area contributed by atoms with Crippen molar-refractivity contribution in [3.63, 3.8) is 0 Å². The number of methoxy groups -OCH3 is 2. The number of aromatic nitrogens is 8. The SMILES string of the molecule is COc1ccc(C(OC[C@H]2O[C@@H](n3cnc4c(NC(=O)c5ccccc5)ncnc43)C[C@@H]2OP(OCCC#N)OC[C@H]2O[C@@H](n3cnc4c(NC(=O)c5ccccc5)ncnc43)C[C@@H]2OC(C)=O)(c2ccccc2)c2ccc(OC)cc2)cc1. The van der Waals surface area contributed by atoms with Crippen LogP contribution in [0.3, 0.4) is 0 Å². The predicted molar refractivity (Wildman–Crippen MR) is 304 cm³/mol. The van der Waals surface area contributed by atoms with Gasteiger partial charge >= 0.3 is 14.6 Å². The first-order valence-electron chi connectivity index (χ1n) is 26.8. The topological polar surface area (TPSA) is 269 Å². The minimum atomic E-state index is -2.33. The number of hydrogen-bond acceptors (Lipinski definition) is 19. The second-order valence-corrected chi connectivity index (χ2v) is 20.5. The van der Waals surface area contributed by atoms with Crippen molar-refractivity contribution in [2.75, 3.05) is 44.7 Å². The normalized spacial score (nSPS) is 18.9. The maximum Gasteiger partial charge on any atom is 0.333 e. The largest absolute Gasteiger partial charge is 0.497 e. The molecule has 0 saturated carbocycles. The molecular formula is C60H56N11O12P. The van der Waals surface area contributed by atoms with Gasteiger partial charge in [0, 0.05) is 30.9 Å². The minimum absolute atomic E-state index is 0.0104. The third-order valence-corrected chi connectivity index (χ3v) is 15.4. The number of nitrogens with one attached hydrogen (secondary N) is 2. The summed E-state index contributed by atoms with van der Waals surface area (Å²) in [6, 6.07) is 44.7. The smallest absolute Gasteiger partial charge is 0.333 e. The molecule has 5 aromatic carbocycles. The van der Waals surface area contributed by atoms with E-state index in [4.69, 9.17) is 42.0 Å². The summed E-state index contributed by atoms with van der Waals surface area (Å²) in [6.45, 7) is 0.965. The van der Waals surface area contributed by atoms with Gasteiger partial charge in [-0.3, -0.25) is 23.5 Å². The van der Waals surface area contributed by atoms with E-state index in [1.54, 1.807) is 78.2 Å². The van der Waals surface area contributed by atoms with Crippen LogP contribution in [0.25, 0.3) is 22.3 Å². The Bertz CT molecular complexity index is 3720. The number of fused-ring (bicyclic) bond motifs is 2. The second-order valence-electron chi connectivity index (χ2n) is 19.3. The molecule has 2 N–H and O–H groups in total. The van der Waals surface area contributed by atoms with Crippen LogP contribution in [-0.4, -0.2) is 115 Å². The Hall–Kier alpha value is -9.11. The Morgan fingerprint density at radius 2 is 1.10 bits per heavy atom. The molecule has 0 aliphatic carbocycles. The Morgan fingerprint density at radius 1 is 0.619 bits per heavy atom. The number of anilines is 2. The van der Waals surface area contributed by atoms with Crippen molar-refractivity contribution >= 4 is 60.3 Å². The third-order valence-electron chi connectivity index (χ3n) is 14.2. The van der Waals surface area contributed by atoms with Crippen LogP contribution in [-0.2, 0) is 42.9 Å². The number of imidazole rings is 2. The number of ether oxygens (including phenoxy) is 6. The molecule has 9 aromatic rings. The Labute approximate surface area is 482 Å². The van der Waals surface area contributed by atoms with Gasteiger partial charge in [-0.05, 0) is 65.2 Å². The quantitative estimate of drug-likeness (QED) is 0.0261. The first-order chi connectivity index (χ1) is 41.1. The number of rotatable bonds is 23. The van der Waals surface area contributed by atoms with E-state index in [0.717, 1.165) is 16.7 Å². The summed E-state index contributed by atoms with van der Waals surface area (Å²) in [6.07, 6.45) is 1.14. The number of nitrogens with zero attached hydrogens (tertiary/aromatic N) is 9. The van der Waals surface area contributed by atoms with Gasteiger partial charge in [-0.2, -0.15) is 5.26 Å². The Balaban J connectivity index is 0.901. The standard InChI is InChI=1S/C60H56N11O12P/c1-38(72)80-46-30-50(70-36-66-52-54(62-34-64-56(52)70)68-58(73)39-14-7-4-8-15-39)82-49(46)33-79-84(78-29-13-28-61)83-47-31-51(71-37-67-53-55(63-35-65-57(53)71)69-59(74)40-16-9-5-10-17-40)81-48(47)32-77-60(41-18-11-6-12-19-41,42-20-24-44(75-2)25-21-42)43-22-26-45(76-3)27-23-43/h4-12,14-27,34-37,46-51H,13,29-33H2,1-3H3,(H,62,64,68,73)(H,63,65,69,74)/t46-,47-,48+,49+,50+,51+,84?/m0/s1. The molecule has 6 heterocycles. The van der Waals surface area contributed by atoms with E-state index in [9.17, 15) is 19.6 Å². The molecule has 2 aliphatic rings. The molecule has 4 aromatic heterocycles. The Morgan fingerprint density at radius 3 is 1.58 bits per heavy atom. The van der Waals surface area contributed by atoms with Gasteiger partial charge in [0.2, 0.25) is 0 Å². The van der Waals surface area contributed by atoms with Crippen molar-refractivity contribution in [3.05, 3.63) is 193 Å². The van der Waals surface area contributed by atoms with E-state index >= 15 is 0 Å². The number of nitriles is 1. The molecule has 7 atom stereocenters.